The summed E-state index contributed by atoms with van der Waals surface area (Å²) in [4.78, 5) is 36.2. The predicted molar refractivity (Wildman–Crippen MR) is 104 cm³/mol. The molecule has 28 heavy (non-hydrogen) atoms. The number of esters is 1. The van der Waals surface area contributed by atoms with Crippen LogP contribution < -0.4 is 10.6 Å². The fourth-order valence-electron chi connectivity index (χ4n) is 6.71. The van der Waals surface area contributed by atoms with Gasteiger partial charge in [0.2, 0.25) is 0 Å². The van der Waals surface area contributed by atoms with Crippen LogP contribution in [0.3, 0.4) is 0 Å². The minimum Gasteiger partial charge on any atom is -0.456 e. The van der Waals surface area contributed by atoms with Crippen LogP contribution in [0.1, 0.15) is 83.5 Å². The summed E-state index contributed by atoms with van der Waals surface area (Å²) in [5.74, 6) is 1.91. The third-order valence-electron chi connectivity index (χ3n) is 7.52. The zero-order chi connectivity index (χ0) is 19.6. The van der Waals surface area contributed by atoms with Crippen LogP contribution in [0.2, 0.25) is 0 Å². The minimum absolute atomic E-state index is 0.129. The van der Waals surface area contributed by atoms with Crippen LogP contribution in [-0.4, -0.2) is 30.1 Å². The van der Waals surface area contributed by atoms with Gasteiger partial charge in [-0.05, 0) is 68.6 Å². The van der Waals surface area contributed by atoms with Gasteiger partial charge in [-0.1, -0.05) is 32.1 Å². The number of nitrogens with one attached hydrogen (secondary N) is 2. The van der Waals surface area contributed by atoms with Gasteiger partial charge in [-0.15, -0.1) is 0 Å². The molecule has 6 heteroatoms. The van der Waals surface area contributed by atoms with Crippen molar-refractivity contribution >= 4 is 17.9 Å². The first-order chi connectivity index (χ1) is 13.5. The van der Waals surface area contributed by atoms with Crippen molar-refractivity contribution in [2.75, 3.05) is 6.61 Å². The standard InChI is InChI=1S/C22H34N2O4/c25-19(14-28-20(26)7-6-15-4-2-1-3-5-15)23-21(27)24-22-11-16-8-17(12-22)10-18(9-16)13-22/h15-18H,1-14H2,(H2,23,24,25,27). The molecule has 5 saturated carbocycles. The molecule has 0 aromatic carbocycles. The smallest absolute Gasteiger partial charge is 0.321 e. The number of rotatable bonds is 6. The molecule has 6 nitrogen and oxygen atoms in total. The summed E-state index contributed by atoms with van der Waals surface area (Å²) in [7, 11) is 0. The van der Waals surface area contributed by atoms with Crippen molar-refractivity contribution in [2.45, 2.75) is 89.0 Å². The summed E-state index contributed by atoms with van der Waals surface area (Å²) in [5.41, 5.74) is -0.129. The Bertz CT molecular complexity index is 576. The van der Waals surface area contributed by atoms with Gasteiger partial charge < -0.3 is 10.1 Å². The van der Waals surface area contributed by atoms with Crippen LogP contribution in [0.25, 0.3) is 0 Å². The summed E-state index contributed by atoms with van der Waals surface area (Å²) >= 11 is 0. The van der Waals surface area contributed by atoms with Gasteiger partial charge in [0, 0.05) is 12.0 Å². The Labute approximate surface area is 167 Å². The van der Waals surface area contributed by atoms with Crippen LogP contribution in [0.4, 0.5) is 4.79 Å². The summed E-state index contributed by atoms with van der Waals surface area (Å²) < 4.78 is 5.06. The van der Waals surface area contributed by atoms with Crippen LogP contribution >= 0.6 is 0 Å². The molecular weight excluding hydrogens is 356 g/mol. The molecule has 0 aliphatic heterocycles. The summed E-state index contributed by atoms with van der Waals surface area (Å²) in [6.07, 6.45) is 14.4. The Kier molecular flexibility index (Phi) is 5.93. The van der Waals surface area contributed by atoms with E-state index >= 15 is 0 Å². The highest BCUT2D eigenvalue weighted by Gasteiger charge is 2.51. The SMILES string of the molecule is O=C(COC(=O)CCC1CCCCC1)NC(=O)NC12CC3CC(CC(C3)C1)C2. The number of imide groups is 1. The number of urea groups is 1. The lowest BCUT2D eigenvalue weighted by atomic mass is 9.53. The number of amides is 3. The van der Waals surface area contributed by atoms with E-state index in [1.54, 1.807) is 0 Å². The highest BCUT2D eigenvalue weighted by Crippen LogP contribution is 2.55. The van der Waals surface area contributed by atoms with Crippen LogP contribution in [-0.2, 0) is 14.3 Å². The maximum Gasteiger partial charge on any atom is 0.321 e. The van der Waals surface area contributed by atoms with Crippen molar-refractivity contribution in [3.05, 3.63) is 0 Å². The monoisotopic (exact) mass is 390 g/mol. The van der Waals surface area contributed by atoms with Gasteiger partial charge in [0.1, 0.15) is 0 Å². The van der Waals surface area contributed by atoms with E-state index in [2.05, 4.69) is 10.6 Å². The Morgan fingerprint density at radius 2 is 1.50 bits per heavy atom. The number of hydrogen-bond acceptors (Lipinski definition) is 4. The first kappa shape index (κ1) is 19.7. The second kappa shape index (κ2) is 8.42. The lowest BCUT2D eigenvalue weighted by Crippen LogP contribution is -2.62. The van der Waals surface area contributed by atoms with E-state index in [4.69, 9.17) is 4.74 Å². The molecular formula is C22H34N2O4. The average molecular weight is 391 g/mol. The van der Waals surface area contributed by atoms with E-state index in [9.17, 15) is 14.4 Å². The number of hydrogen-bond donors (Lipinski definition) is 2. The lowest BCUT2D eigenvalue weighted by molar-refractivity contribution is -0.148. The van der Waals surface area contributed by atoms with Gasteiger partial charge in [-0.2, -0.15) is 0 Å². The van der Waals surface area contributed by atoms with Gasteiger partial charge in [0.25, 0.3) is 5.91 Å². The molecule has 0 aromatic heterocycles. The van der Waals surface area contributed by atoms with Crippen LogP contribution in [0, 0.1) is 23.7 Å². The normalized spacial score (nSPS) is 34.1. The molecule has 5 rings (SSSR count). The van der Waals surface area contributed by atoms with Crippen molar-refractivity contribution in [1.82, 2.24) is 10.6 Å². The fraction of sp³-hybridized carbons (Fsp3) is 0.864. The highest BCUT2D eigenvalue weighted by atomic mass is 16.5. The predicted octanol–water partition coefficient (Wildman–Crippen LogP) is 3.68. The molecule has 0 saturated heterocycles. The van der Waals surface area contributed by atoms with Crippen molar-refractivity contribution in [3.8, 4) is 0 Å². The fourth-order valence-corrected chi connectivity index (χ4v) is 6.71. The molecule has 0 unspecified atom stereocenters. The third kappa shape index (κ3) is 4.87. The van der Waals surface area contributed by atoms with Gasteiger partial charge in [-0.3, -0.25) is 14.9 Å². The molecule has 2 N–H and O–H groups in total. The summed E-state index contributed by atoms with van der Waals surface area (Å²) in [5, 5.41) is 5.45. The van der Waals surface area contributed by atoms with E-state index in [1.807, 2.05) is 0 Å². The Morgan fingerprint density at radius 1 is 0.893 bits per heavy atom. The van der Waals surface area contributed by atoms with Gasteiger partial charge in [0.05, 0.1) is 0 Å². The maximum atomic E-state index is 12.3. The van der Waals surface area contributed by atoms with Crippen molar-refractivity contribution in [2.24, 2.45) is 23.7 Å². The van der Waals surface area contributed by atoms with Crippen LogP contribution in [0.5, 0.6) is 0 Å². The zero-order valence-electron chi connectivity index (χ0n) is 16.8. The largest absolute Gasteiger partial charge is 0.456 e. The van der Waals surface area contributed by atoms with E-state index in [0.717, 1.165) is 43.4 Å². The lowest BCUT2D eigenvalue weighted by Gasteiger charge is -2.56. The summed E-state index contributed by atoms with van der Waals surface area (Å²) in [6, 6.07) is -0.440. The van der Waals surface area contributed by atoms with Crippen LogP contribution in [0.15, 0.2) is 0 Å². The third-order valence-corrected chi connectivity index (χ3v) is 7.52. The molecule has 0 radical (unpaired) electrons. The Morgan fingerprint density at radius 3 is 2.11 bits per heavy atom. The topological polar surface area (TPSA) is 84.5 Å². The second-order valence-electron chi connectivity index (χ2n) is 9.90. The first-order valence-electron chi connectivity index (χ1n) is 11.3. The molecule has 156 valence electrons. The molecule has 3 amide bonds. The van der Waals surface area contributed by atoms with Crippen molar-refractivity contribution in [3.63, 3.8) is 0 Å². The molecule has 5 aliphatic carbocycles. The molecule has 0 heterocycles. The second-order valence-corrected chi connectivity index (χ2v) is 9.90. The molecule has 0 spiro atoms. The van der Waals surface area contributed by atoms with E-state index < -0.39 is 11.9 Å². The zero-order valence-corrected chi connectivity index (χ0v) is 16.8. The van der Waals surface area contributed by atoms with Gasteiger partial charge in [0.15, 0.2) is 6.61 Å². The maximum absolute atomic E-state index is 12.3. The van der Waals surface area contributed by atoms with E-state index in [0.29, 0.717) is 12.3 Å². The van der Waals surface area contributed by atoms with Gasteiger partial charge in [-0.25, -0.2) is 4.79 Å². The van der Waals surface area contributed by atoms with E-state index in [-0.39, 0.29) is 18.1 Å². The first-order valence-corrected chi connectivity index (χ1v) is 11.3. The van der Waals surface area contributed by atoms with E-state index in [1.165, 1.54) is 51.4 Å². The van der Waals surface area contributed by atoms with Crippen molar-refractivity contribution < 1.29 is 19.1 Å². The quantitative estimate of drug-likeness (QED) is 0.678. The molecule has 0 aromatic rings. The number of carbonyl (C=O) groups is 3. The number of ether oxygens (including phenoxy) is 1. The summed E-state index contributed by atoms with van der Waals surface area (Å²) in [6.45, 7) is -0.377. The molecule has 4 bridgehead atoms. The average Bonchev–Trinajstić information content (AvgIpc) is 2.64. The Hall–Kier alpha value is -1.59. The van der Waals surface area contributed by atoms with Crippen molar-refractivity contribution in [1.29, 1.82) is 0 Å². The minimum atomic E-state index is -0.548. The number of carbonyl (C=O) groups excluding carboxylic acids is 3. The molecule has 5 fully saturated rings. The Balaban J connectivity index is 1.15. The highest BCUT2D eigenvalue weighted by molar-refractivity contribution is 5.95. The molecule has 5 aliphatic rings. The van der Waals surface area contributed by atoms with Gasteiger partial charge >= 0.3 is 12.0 Å². The molecule has 0 atom stereocenters.